The van der Waals surface area contributed by atoms with E-state index in [1.807, 2.05) is 5.48 Å². The molecule has 0 radical (unpaired) electrons. The van der Waals surface area contributed by atoms with Crippen molar-refractivity contribution in [3.63, 3.8) is 0 Å². The Hall–Kier alpha value is -0.840. The lowest BCUT2D eigenvalue weighted by atomic mass is 10.2. The summed E-state index contributed by atoms with van der Waals surface area (Å²) in [6.07, 6.45) is 1.48. The molecule has 0 aliphatic heterocycles. The Morgan fingerprint density at radius 2 is 2.50 bits per heavy atom. The molecule has 3 N–H and O–H groups in total. The van der Waals surface area contributed by atoms with E-state index >= 15 is 0 Å². The smallest absolute Gasteiger partial charge is 0.125 e. The van der Waals surface area contributed by atoms with Gasteiger partial charge in [0.05, 0.1) is 12.9 Å². The van der Waals surface area contributed by atoms with Gasteiger partial charge in [0.25, 0.3) is 0 Å². The molecule has 4 heteroatoms. The van der Waals surface area contributed by atoms with Crippen LogP contribution in [0.2, 0.25) is 0 Å². The minimum atomic E-state index is -0.519. The third-order valence-electron chi connectivity index (χ3n) is 1.23. The average molecular weight is 143 g/mol. The maximum Gasteiger partial charge on any atom is 0.125 e. The molecule has 0 saturated heterocycles. The highest BCUT2D eigenvalue weighted by atomic mass is 16.5. The molecular weight excluding hydrogens is 134 g/mol. The first-order chi connectivity index (χ1) is 4.88. The Balaban J connectivity index is 2.64. The van der Waals surface area contributed by atoms with Gasteiger partial charge >= 0.3 is 0 Å². The Kier molecular flexibility index (Phi) is 2.44. The van der Waals surface area contributed by atoms with E-state index in [4.69, 9.17) is 14.7 Å². The zero-order chi connectivity index (χ0) is 7.40. The molecule has 4 nitrogen and oxygen atoms in total. The standard InChI is InChI=1S/C6H9NO3/c8-4-5(7-9)6-2-1-3-10-6/h1-3,5,7-9H,4H2/t5-/m0/s1. The van der Waals surface area contributed by atoms with Crippen LogP contribution in [0.5, 0.6) is 0 Å². The largest absolute Gasteiger partial charge is 0.468 e. The lowest BCUT2D eigenvalue weighted by Crippen LogP contribution is -2.19. The van der Waals surface area contributed by atoms with Crippen molar-refractivity contribution in [2.24, 2.45) is 0 Å². The molecule has 1 rings (SSSR count). The molecule has 0 amide bonds. The molecule has 0 aliphatic rings. The molecule has 1 heterocycles. The maximum absolute atomic E-state index is 8.62. The number of furan rings is 1. The molecule has 1 atom stereocenters. The van der Waals surface area contributed by atoms with E-state index in [1.165, 1.54) is 6.26 Å². The van der Waals surface area contributed by atoms with Gasteiger partial charge in [-0.15, -0.1) is 0 Å². The lowest BCUT2D eigenvalue weighted by Gasteiger charge is -2.06. The third-order valence-corrected chi connectivity index (χ3v) is 1.23. The summed E-state index contributed by atoms with van der Waals surface area (Å²) in [5, 5.41) is 17.0. The van der Waals surface area contributed by atoms with Crippen LogP contribution in [0.4, 0.5) is 0 Å². The van der Waals surface area contributed by atoms with Crippen molar-refractivity contribution in [3.05, 3.63) is 24.2 Å². The first-order valence-electron chi connectivity index (χ1n) is 2.92. The van der Waals surface area contributed by atoms with E-state index in [1.54, 1.807) is 12.1 Å². The highest BCUT2D eigenvalue weighted by molar-refractivity contribution is 5.03. The summed E-state index contributed by atoms with van der Waals surface area (Å²) >= 11 is 0. The van der Waals surface area contributed by atoms with Gasteiger partial charge in [0.2, 0.25) is 0 Å². The number of hydrogen-bond acceptors (Lipinski definition) is 4. The molecule has 1 aromatic rings. The van der Waals surface area contributed by atoms with Crippen molar-refractivity contribution in [2.75, 3.05) is 6.61 Å². The van der Waals surface area contributed by atoms with Crippen LogP contribution in [-0.2, 0) is 0 Å². The van der Waals surface area contributed by atoms with E-state index in [0.29, 0.717) is 5.76 Å². The van der Waals surface area contributed by atoms with Crippen molar-refractivity contribution in [1.29, 1.82) is 0 Å². The van der Waals surface area contributed by atoms with Crippen LogP contribution >= 0.6 is 0 Å². The summed E-state index contributed by atoms with van der Waals surface area (Å²) in [7, 11) is 0. The van der Waals surface area contributed by atoms with Crippen molar-refractivity contribution in [2.45, 2.75) is 6.04 Å². The number of nitrogens with one attached hydrogen (secondary N) is 1. The summed E-state index contributed by atoms with van der Waals surface area (Å²) in [5.74, 6) is 0.519. The van der Waals surface area contributed by atoms with E-state index in [2.05, 4.69) is 0 Å². The minimum Gasteiger partial charge on any atom is -0.468 e. The first-order valence-corrected chi connectivity index (χ1v) is 2.92. The molecule has 0 aromatic carbocycles. The molecule has 0 spiro atoms. The molecule has 56 valence electrons. The lowest BCUT2D eigenvalue weighted by molar-refractivity contribution is 0.0802. The fourth-order valence-electron chi connectivity index (χ4n) is 0.684. The molecule has 0 unspecified atom stereocenters. The van der Waals surface area contributed by atoms with Crippen LogP contribution in [0.3, 0.4) is 0 Å². The predicted octanol–water partition coefficient (Wildman–Crippen LogP) is 0.292. The molecule has 0 fully saturated rings. The quantitative estimate of drug-likeness (QED) is 0.532. The summed E-state index contributed by atoms with van der Waals surface area (Å²) < 4.78 is 4.89. The zero-order valence-electron chi connectivity index (χ0n) is 5.32. The van der Waals surface area contributed by atoms with E-state index in [9.17, 15) is 0 Å². The van der Waals surface area contributed by atoms with E-state index in [0.717, 1.165) is 0 Å². The van der Waals surface area contributed by atoms with Crippen molar-refractivity contribution >= 4 is 0 Å². The predicted molar refractivity (Wildman–Crippen MR) is 33.5 cm³/mol. The van der Waals surface area contributed by atoms with Gasteiger partial charge in [0.1, 0.15) is 11.8 Å². The molecule has 0 aliphatic carbocycles. The van der Waals surface area contributed by atoms with Crippen molar-refractivity contribution in [1.82, 2.24) is 5.48 Å². The van der Waals surface area contributed by atoms with Gasteiger partial charge in [-0.3, -0.25) is 0 Å². The van der Waals surface area contributed by atoms with Gasteiger partial charge in [-0.2, -0.15) is 5.48 Å². The first kappa shape index (κ1) is 7.27. The average Bonchev–Trinajstić information content (AvgIpc) is 2.43. The minimum absolute atomic E-state index is 0.190. The topological polar surface area (TPSA) is 65.6 Å². The van der Waals surface area contributed by atoms with E-state index in [-0.39, 0.29) is 6.61 Å². The fourth-order valence-corrected chi connectivity index (χ4v) is 0.684. The van der Waals surface area contributed by atoms with Crippen molar-refractivity contribution < 1.29 is 14.7 Å². The Morgan fingerprint density at radius 1 is 1.70 bits per heavy atom. The van der Waals surface area contributed by atoms with Crippen LogP contribution in [0.25, 0.3) is 0 Å². The summed E-state index contributed by atoms with van der Waals surface area (Å²) in [4.78, 5) is 0. The maximum atomic E-state index is 8.62. The van der Waals surface area contributed by atoms with Crippen LogP contribution < -0.4 is 5.48 Å². The highest BCUT2D eigenvalue weighted by Crippen LogP contribution is 2.10. The highest BCUT2D eigenvalue weighted by Gasteiger charge is 2.09. The fraction of sp³-hybridized carbons (Fsp3) is 0.333. The van der Waals surface area contributed by atoms with Gasteiger partial charge in [-0.1, -0.05) is 0 Å². The Bertz CT molecular complexity index is 169. The second-order valence-electron chi connectivity index (χ2n) is 1.88. The van der Waals surface area contributed by atoms with Crippen LogP contribution in [-0.4, -0.2) is 16.9 Å². The molecule has 10 heavy (non-hydrogen) atoms. The zero-order valence-corrected chi connectivity index (χ0v) is 5.32. The van der Waals surface area contributed by atoms with Gasteiger partial charge in [-0.25, -0.2) is 0 Å². The second-order valence-corrected chi connectivity index (χ2v) is 1.88. The van der Waals surface area contributed by atoms with E-state index < -0.39 is 6.04 Å². The number of hydroxylamine groups is 1. The van der Waals surface area contributed by atoms with Gasteiger partial charge in [-0.05, 0) is 12.1 Å². The number of rotatable bonds is 3. The Labute approximate surface area is 58.0 Å². The SMILES string of the molecule is OC[C@H](NO)c1ccco1. The molecule has 0 bridgehead atoms. The van der Waals surface area contributed by atoms with Crippen molar-refractivity contribution in [3.8, 4) is 0 Å². The number of aliphatic hydroxyl groups excluding tert-OH is 1. The molecule has 1 aromatic heterocycles. The second kappa shape index (κ2) is 3.36. The monoisotopic (exact) mass is 143 g/mol. The normalized spacial score (nSPS) is 13.4. The summed E-state index contributed by atoms with van der Waals surface area (Å²) in [6, 6.07) is 2.84. The van der Waals surface area contributed by atoms with Gasteiger partial charge in [0.15, 0.2) is 0 Å². The summed E-state index contributed by atoms with van der Waals surface area (Å²) in [6.45, 7) is -0.190. The van der Waals surface area contributed by atoms with Crippen LogP contribution in [0, 0.1) is 0 Å². The summed E-state index contributed by atoms with van der Waals surface area (Å²) in [5.41, 5.74) is 1.91. The molecular formula is C6H9NO3. The van der Waals surface area contributed by atoms with Gasteiger partial charge in [0, 0.05) is 0 Å². The molecule has 0 saturated carbocycles. The van der Waals surface area contributed by atoms with Crippen LogP contribution in [0.15, 0.2) is 22.8 Å². The third kappa shape index (κ3) is 1.36. The van der Waals surface area contributed by atoms with Gasteiger partial charge < -0.3 is 14.7 Å². The van der Waals surface area contributed by atoms with Crippen LogP contribution in [0.1, 0.15) is 11.8 Å². The Morgan fingerprint density at radius 3 is 2.90 bits per heavy atom. The number of hydrogen-bond donors (Lipinski definition) is 3. The number of aliphatic hydroxyl groups is 1.